The summed E-state index contributed by atoms with van der Waals surface area (Å²) in [5.74, 6) is -0.282. The molecule has 0 unspecified atom stereocenters. The van der Waals surface area contributed by atoms with Gasteiger partial charge >= 0.3 is 12.0 Å². The standard InChI is InChI=1S/C14H25N3O3/c1-4-5-6-7-8-11-9-14(3,20-12(11)18)10(2)16-17-13(15)19/h11,16H,2,4-9H2,1,3H3,(H3,15,17,19)/t11-,14+/m0/s1. The number of amides is 2. The summed E-state index contributed by atoms with van der Waals surface area (Å²) in [6.07, 6.45) is 5.94. The van der Waals surface area contributed by atoms with Crippen LogP contribution in [0.2, 0.25) is 0 Å². The summed E-state index contributed by atoms with van der Waals surface area (Å²) < 4.78 is 5.42. The Kier molecular flexibility index (Phi) is 5.85. The van der Waals surface area contributed by atoms with Crippen LogP contribution in [0.25, 0.3) is 0 Å². The van der Waals surface area contributed by atoms with Gasteiger partial charge in [-0.2, -0.15) is 0 Å². The highest BCUT2D eigenvalue weighted by Gasteiger charge is 2.45. The van der Waals surface area contributed by atoms with E-state index in [1.165, 1.54) is 12.8 Å². The van der Waals surface area contributed by atoms with Gasteiger partial charge in [-0.15, -0.1) is 0 Å². The van der Waals surface area contributed by atoms with Gasteiger partial charge in [-0.25, -0.2) is 4.79 Å². The number of carbonyl (C=O) groups excluding carboxylic acids is 2. The molecule has 2 amide bonds. The Hall–Kier alpha value is -1.72. The predicted molar refractivity (Wildman–Crippen MR) is 76.4 cm³/mol. The largest absolute Gasteiger partial charge is 0.453 e. The molecule has 1 rings (SSSR count). The highest BCUT2D eigenvalue weighted by molar-refractivity contribution is 5.76. The summed E-state index contributed by atoms with van der Waals surface area (Å²) in [5, 5.41) is 0. The summed E-state index contributed by atoms with van der Waals surface area (Å²) in [7, 11) is 0. The van der Waals surface area contributed by atoms with Gasteiger partial charge in [-0.05, 0) is 13.3 Å². The second-order valence-corrected chi connectivity index (χ2v) is 5.50. The molecule has 0 bridgehead atoms. The van der Waals surface area contributed by atoms with Crippen molar-refractivity contribution in [1.29, 1.82) is 0 Å². The van der Waals surface area contributed by atoms with Crippen LogP contribution in [0.3, 0.4) is 0 Å². The molecular weight excluding hydrogens is 258 g/mol. The van der Waals surface area contributed by atoms with Crippen LogP contribution in [0.4, 0.5) is 4.79 Å². The number of carbonyl (C=O) groups is 2. The minimum atomic E-state index is -0.797. The molecular formula is C14H25N3O3. The van der Waals surface area contributed by atoms with E-state index in [0.717, 1.165) is 19.3 Å². The minimum Gasteiger partial charge on any atom is -0.453 e. The summed E-state index contributed by atoms with van der Waals surface area (Å²) in [6.45, 7) is 7.74. The molecule has 0 aromatic carbocycles. The Balaban J connectivity index is 2.47. The van der Waals surface area contributed by atoms with Crippen molar-refractivity contribution in [2.24, 2.45) is 11.7 Å². The molecule has 0 spiro atoms. The van der Waals surface area contributed by atoms with Crippen LogP contribution in [0.15, 0.2) is 12.3 Å². The third kappa shape index (κ3) is 4.43. The predicted octanol–water partition coefficient (Wildman–Crippen LogP) is 1.97. The van der Waals surface area contributed by atoms with Gasteiger partial charge in [0.15, 0.2) is 5.60 Å². The molecule has 0 radical (unpaired) electrons. The molecule has 20 heavy (non-hydrogen) atoms. The van der Waals surface area contributed by atoms with Crippen molar-refractivity contribution in [1.82, 2.24) is 10.9 Å². The first-order valence-corrected chi connectivity index (χ1v) is 7.12. The van der Waals surface area contributed by atoms with Gasteiger partial charge in [0, 0.05) is 6.42 Å². The number of unbranched alkanes of at least 4 members (excludes halogenated alkanes) is 3. The van der Waals surface area contributed by atoms with Gasteiger partial charge in [0.1, 0.15) is 0 Å². The molecule has 0 aromatic rings. The van der Waals surface area contributed by atoms with Crippen molar-refractivity contribution in [2.75, 3.05) is 0 Å². The maximum atomic E-state index is 11.9. The Bertz CT molecular complexity index is 384. The lowest BCUT2D eigenvalue weighted by molar-refractivity contribution is -0.147. The van der Waals surface area contributed by atoms with Crippen LogP contribution in [0.5, 0.6) is 0 Å². The smallest absolute Gasteiger partial charge is 0.330 e. The topological polar surface area (TPSA) is 93.5 Å². The third-order valence-corrected chi connectivity index (χ3v) is 3.68. The van der Waals surface area contributed by atoms with Crippen molar-refractivity contribution in [2.45, 2.75) is 58.0 Å². The van der Waals surface area contributed by atoms with Crippen LogP contribution >= 0.6 is 0 Å². The van der Waals surface area contributed by atoms with E-state index in [1.54, 1.807) is 6.92 Å². The Labute approximate surface area is 120 Å². The van der Waals surface area contributed by atoms with Crippen molar-refractivity contribution in [3.05, 3.63) is 12.3 Å². The van der Waals surface area contributed by atoms with Crippen LogP contribution in [-0.4, -0.2) is 17.6 Å². The normalized spacial score (nSPS) is 25.1. The number of hydrazine groups is 1. The molecule has 0 aliphatic carbocycles. The Morgan fingerprint density at radius 3 is 2.75 bits per heavy atom. The highest BCUT2D eigenvalue weighted by Crippen LogP contribution is 2.37. The summed E-state index contributed by atoms with van der Waals surface area (Å²) >= 11 is 0. The van der Waals surface area contributed by atoms with Crippen LogP contribution < -0.4 is 16.6 Å². The van der Waals surface area contributed by atoms with E-state index < -0.39 is 11.6 Å². The molecule has 114 valence electrons. The first-order chi connectivity index (χ1) is 9.39. The number of hydrogen-bond donors (Lipinski definition) is 3. The minimum absolute atomic E-state index is 0.0935. The number of urea groups is 1. The van der Waals surface area contributed by atoms with E-state index in [9.17, 15) is 9.59 Å². The van der Waals surface area contributed by atoms with Gasteiger partial charge in [0.05, 0.1) is 11.6 Å². The zero-order valence-electron chi connectivity index (χ0n) is 12.3. The average molecular weight is 283 g/mol. The monoisotopic (exact) mass is 283 g/mol. The molecule has 1 aliphatic heterocycles. The third-order valence-electron chi connectivity index (χ3n) is 3.68. The lowest BCUT2D eigenvalue weighted by atomic mass is 9.90. The number of hydrogen-bond acceptors (Lipinski definition) is 4. The maximum Gasteiger partial charge on any atom is 0.330 e. The van der Waals surface area contributed by atoms with Crippen LogP contribution in [-0.2, 0) is 9.53 Å². The van der Waals surface area contributed by atoms with Crippen LogP contribution in [0.1, 0.15) is 52.4 Å². The number of esters is 1. The second-order valence-electron chi connectivity index (χ2n) is 5.50. The number of cyclic esters (lactones) is 1. The van der Waals surface area contributed by atoms with Gasteiger partial charge < -0.3 is 10.5 Å². The first kappa shape index (κ1) is 16.3. The van der Waals surface area contributed by atoms with Crippen molar-refractivity contribution in [3.8, 4) is 0 Å². The Morgan fingerprint density at radius 1 is 1.45 bits per heavy atom. The highest BCUT2D eigenvalue weighted by atomic mass is 16.6. The SMILES string of the molecule is C=C(NNC(N)=O)[C@@]1(C)C[C@H](CCCCCC)C(=O)O1. The molecule has 0 aromatic heterocycles. The summed E-state index contributed by atoms with van der Waals surface area (Å²) in [6, 6.07) is -0.713. The van der Waals surface area contributed by atoms with E-state index in [4.69, 9.17) is 10.5 Å². The molecule has 0 saturated carbocycles. The van der Waals surface area contributed by atoms with Crippen LogP contribution in [0, 0.1) is 5.92 Å². The number of nitrogens with two attached hydrogens (primary N) is 1. The average Bonchev–Trinajstić information content (AvgIpc) is 2.68. The molecule has 6 nitrogen and oxygen atoms in total. The summed E-state index contributed by atoms with van der Waals surface area (Å²) in [4.78, 5) is 22.5. The number of primary amides is 1. The van der Waals surface area contributed by atoms with E-state index in [2.05, 4.69) is 24.4 Å². The fourth-order valence-corrected chi connectivity index (χ4v) is 2.39. The molecule has 1 saturated heterocycles. The maximum absolute atomic E-state index is 11.9. The molecule has 2 atom stereocenters. The zero-order valence-corrected chi connectivity index (χ0v) is 12.3. The molecule has 1 aliphatic rings. The number of rotatable bonds is 8. The lowest BCUT2D eigenvalue weighted by Gasteiger charge is -2.25. The van der Waals surface area contributed by atoms with Crippen molar-refractivity contribution in [3.63, 3.8) is 0 Å². The van der Waals surface area contributed by atoms with Crippen molar-refractivity contribution < 1.29 is 14.3 Å². The van der Waals surface area contributed by atoms with Gasteiger partial charge in [0.2, 0.25) is 0 Å². The molecule has 6 heteroatoms. The summed E-state index contributed by atoms with van der Waals surface area (Å²) in [5.41, 5.74) is 9.43. The van der Waals surface area contributed by atoms with E-state index in [1.807, 2.05) is 0 Å². The van der Waals surface area contributed by atoms with Crippen molar-refractivity contribution >= 4 is 12.0 Å². The van der Waals surface area contributed by atoms with Gasteiger partial charge in [0.25, 0.3) is 0 Å². The lowest BCUT2D eigenvalue weighted by Crippen LogP contribution is -2.46. The van der Waals surface area contributed by atoms with E-state index in [-0.39, 0.29) is 11.9 Å². The number of nitrogens with one attached hydrogen (secondary N) is 2. The molecule has 1 heterocycles. The fourth-order valence-electron chi connectivity index (χ4n) is 2.39. The number of ether oxygens (including phenoxy) is 1. The fraction of sp³-hybridized carbons (Fsp3) is 0.714. The first-order valence-electron chi connectivity index (χ1n) is 7.12. The van der Waals surface area contributed by atoms with Gasteiger partial charge in [-0.3, -0.25) is 15.6 Å². The molecule has 4 N–H and O–H groups in total. The van der Waals surface area contributed by atoms with Gasteiger partial charge in [-0.1, -0.05) is 39.2 Å². The van der Waals surface area contributed by atoms with E-state index >= 15 is 0 Å². The Morgan fingerprint density at radius 2 is 2.15 bits per heavy atom. The zero-order chi connectivity index (χ0) is 15.2. The quantitative estimate of drug-likeness (QED) is 0.360. The van der Waals surface area contributed by atoms with E-state index in [0.29, 0.717) is 12.1 Å². The molecule has 1 fully saturated rings. The second kappa shape index (κ2) is 7.17.